The number of imide groups is 1. The molecule has 1 aliphatic rings. The predicted octanol–water partition coefficient (Wildman–Crippen LogP) is 5.50. The zero-order valence-electron chi connectivity index (χ0n) is 22.7. The van der Waals surface area contributed by atoms with E-state index in [1.807, 2.05) is 30.3 Å². The van der Waals surface area contributed by atoms with E-state index in [0.29, 0.717) is 25.0 Å². The Labute approximate surface area is 214 Å². The third-order valence-corrected chi connectivity index (χ3v) is 5.43. The highest BCUT2D eigenvalue weighted by Gasteiger charge is 2.43. The number of carbonyl (C=O) groups is 3. The molecule has 0 N–H and O–H groups in total. The largest absolute Gasteiger partial charge is 0.484 e. The fourth-order valence-corrected chi connectivity index (χ4v) is 3.86. The maximum absolute atomic E-state index is 13.4. The quantitative estimate of drug-likeness (QED) is 0.389. The van der Waals surface area contributed by atoms with Crippen molar-refractivity contribution in [2.24, 2.45) is 0 Å². The van der Waals surface area contributed by atoms with Gasteiger partial charge in [0.05, 0.1) is 6.10 Å². The van der Waals surface area contributed by atoms with Crippen molar-refractivity contribution in [3.8, 4) is 5.75 Å². The van der Waals surface area contributed by atoms with Crippen LogP contribution in [0.3, 0.4) is 0 Å². The van der Waals surface area contributed by atoms with Crippen LogP contribution < -0.4 is 4.74 Å². The van der Waals surface area contributed by atoms with Crippen LogP contribution in [0, 0.1) is 0 Å². The number of esters is 1. The van der Waals surface area contributed by atoms with Gasteiger partial charge in [0, 0.05) is 7.11 Å². The molecule has 0 bridgehead atoms. The molecule has 0 aliphatic carbocycles. The van der Waals surface area contributed by atoms with Crippen LogP contribution in [0.4, 0.5) is 9.59 Å². The van der Waals surface area contributed by atoms with E-state index in [9.17, 15) is 14.4 Å². The molecule has 1 aliphatic heterocycles. The topological polar surface area (TPSA) is 101 Å². The number of amides is 2. The minimum Gasteiger partial charge on any atom is -0.484 e. The van der Waals surface area contributed by atoms with Crippen LogP contribution in [-0.4, -0.2) is 65.7 Å². The highest BCUT2D eigenvalue weighted by atomic mass is 16.6. The molecule has 0 spiro atoms. The number of hydrogen-bond donors (Lipinski definition) is 0. The second kappa shape index (κ2) is 12.4. The maximum atomic E-state index is 13.4. The van der Waals surface area contributed by atoms with E-state index in [4.69, 9.17) is 23.7 Å². The number of cyclic esters (lactones) is 1. The molecule has 36 heavy (non-hydrogen) atoms. The molecule has 1 saturated heterocycles. The Kier molecular flexibility index (Phi) is 10.2. The third kappa shape index (κ3) is 9.00. The summed E-state index contributed by atoms with van der Waals surface area (Å²) in [6, 6.07) is 8.00. The van der Waals surface area contributed by atoms with Crippen molar-refractivity contribution in [3.63, 3.8) is 0 Å². The summed E-state index contributed by atoms with van der Waals surface area (Å²) < 4.78 is 28.6. The molecule has 202 valence electrons. The number of hydrogen-bond acceptors (Lipinski definition) is 8. The molecule has 0 saturated carbocycles. The molecule has 1 heterocycles. The summed E-state index contributed by atoms with van der Waals surface area (Å²) >= 11 is 0. The molecule has 9 nitrogen and oxygen atoms in total. The van der Waals surface area contributed by atoms with Crippen molar-refractivity contribution in [3.05, 3.63) is 30.3 Å². The van der Waals surface area contributed by atoms with E-state index in [0.717, 1.165) is 4.90 Å². The fourth-order valence-electron chi connectivity index (χ4n) is 3.86. The monoisotopic (exact) mass is 507 g/mol. The van der Waals surface area contributed by atoms with Crippen molar-refractivity contribution in [2.45, 2.75) is 110 Å². The molecule has 4 atom stereocenters. The first-order chi connectivity index (χ1) is 16.7. The van der Waals surface area contributed by atoms with Gasteiger partial charge in [0.2, 0.25) is 0 Å². The zero-order valence-corrected chi connectivity index (χ0v) is 22.7. The standard InChI is InChI=1S/C27H41NO8/c1-18-22(34-19-14-10-9-11-15-19)21(32-8)17-13-12-16-20(23(29)33-18)28(24(30)35-26(2,3)4)25(31)36-27(5,6)7/h9-11,14-15,18,20-22H,12-13,16-17H2,1-8H3/t18-,20-,21-,22-/m0/s1. The van der Waals surface area contributed by atoms with Crippen molar-refractivity contribution in [1.29, 1.82) is 0 Å². The lowest BCUT2D eigenvalue weighted by Crippen LogP contribution is -2.54. The van der Waals surface area contributed by atoms with Crippen LogP contribution in [0.1, 0.15) is 74.1 Å². The molecule has 0 radical (unpaired) electrons. The molecule has 0 aromatic heterocycles. The van der Waals surface area contributed by atoms with Gasteiger partial charge in [-0.15, -0.1) is 0 Å². The van der Waals surface area contributed by atoms with E-state index >= 15 is 0 Å². The van der Waals surface area contributed by atoms with Gasteiger partial charge in [-0.25, -0.2) is 14.4 Å². The van der Waals surface area contributed by atoms with Gasteiger partial charge in [0.15, 0.2) is 6.10 Å². The van der Waals surface area contributed by atoms with Gasteiger partial charge >= 0.3 is 18.2 Å². The van der Waals surface area contributed by atoms with Crippen LogP contribution in [-0.2, 0) is 23.7 Å². The molecule has 0 unspecified atom stereocenters. The van der Waals surface area contributed by atoms with Gasteiger partial charge in [-0.2, -0.15) is 4.90 Å². The Morgan fingerprint density at radius 2 is 1.44 bits per heavy atom. The van der Waals surface area contributed by atoms with Gasteiger partial charge in [0.1, 0.15) is 29.1 Å². The van der Waals surface area contributed by atoms with Crippen molar-refractivity contribution >= 4 is 18.2 Å². The van der Waals surface area contributed by atoms with Gasteiger partial charge < -0.3 is 23.7 Å². The smallest absolute Gasteiger partial charge is 0.420 e. The van der Waals surface area contributed by atoms with Gasteiger partial charge in [-0.05, 0) is 73.4 Å². The number of nitrogens with zero attached hydrogens (tertiary/aromatic N) is 1. The van der Waals surface area contributed by atoms with Crippen LogP contribution in [0.2, 0.25) is 0 Å². The minimum absolute atomic E-state index is 0.199. The number of benzene rings is 1. The van der Waals surface area contributed by atoms with Crippen LogP contribution in [0.25, 0.3) is 0 Å². The molecule has 1 fully saturated rings. The minimum atomic E-state index is -1.21. The summed E-state index contributed by atoms with van der Waals surface area (Å²) in [4.78, 5) is 40.4. The molecule has 9 heteroatoms. The van der Waals surface area contributed by atoms with Gasteiger partial charge in [-0.3, -0.25) is 0 Å². The summed E-state index contributed by atoms with van der Waals surface area (Å²) in [6.07, 6.45) is -1.53. The van der Waals surface area contributed by atoms with Crippen LogP contribution in [0.5, 0.6) is 5.75 Å². The maximum Gasteiger partial charge on any atom is 0.420 e. The lowest BCUT2D eigenvalue weighted by atomic mass is 9.98. The Morgan fingerprint density at radius 3 is 1.94 bits per heavy atom. The van der Waals surface area contributed by atoms with E-state index in [-0.39, 0.29) is 12.5 Å². The molecular formula is C27H41NO8. The van der Waals surface area contributed by atoms with E-state index < -0.39 is 47.6 Å². The number of carbonyl (C=O) groups excluding carboxylic acids is 3. The molecule has 1 aromatic carbocycles. The Bertz CT molecular complexity index is 846. The first-order valence-corrected chi connectivity index (χ1v) is 12.4. The number of para-hydroxylation sites is 1. The van der Waals surface area contributed by atoms with E-state index in [2.05, 4.69) is 0 Å². The van der Waals surface area contributed by atoms with Gasteiger partial charge in [-0.1, -0.05) is 31.0 Å². The average molecular weight is 508 g/mol. The highest BCUT2D eigenvalue weighted by molar-refractivity contribution is 5.94. The summed E-state index contributed by atoms with van der Waals surface area (Å²) in [5, 5.41) is 0. The summed E-state index contributed by atoms with van der Waals surface area (Å²) in [5.41, 5.74) is -1.77. The van der Waals surface area contributed by atoms with Crippen molar-refractivity contribution in [1.82, 2.24) is 4.90 Å². The van der Waals surface area contributed by atoms with E-state index in [1.165, 1.54) is 0 Å². The van der Waals surface area contributed by atoms with E-state index in [1.54, 1.807) is 55.6 Å². The average Bonchev–Trinajstić information content (AvgIpc) is 2.74. The van der Waals surface area contributed by atoms with Crippen LogP contribution >= 0.6 is 0 Å². The van der Waals surface area contributed by atoms with Crippen LogP contribution in [0.15, 0.2) is 30.3 Å². The summed E-state index contributed by atoms with van der Waals surface area (Å²) in [6.45, 7) is 11.8. The lowest BCUT2D eigenvalue weighted by Gasteiger charge is -2.36. The highest BCUT2D eigenvalue weighted by Crippen LogP contribution is 2.26. The SMILES string of the molecule is CO[C@H]1CCCC[C@H](N(C(=O)OC(C)(C)C)C(=O)OC(C)(C)C)C(=O)O[C@@H](C)[C@@H]1Oc1ccccc1. The Balaban J connectivity index is 2.36. The summed E-state index contributed by atoms with van der Waals surface area (Å²) in [5.74, 6) is -0.122. The summed E-state index contributed by atoms with van der Waals surface area (Å²) in [7, 11) is 1.60. The van der Waals surface area contributed by atoms with Gasteiger partial charge in [0.25, 0.3) is 0 Å². The molecule has 1 aromatic rings. The number of ether oxygens (including phenoxy) is 5. The molecular weight excluding hydrogens is 466 g/mol. The first-order valence-electron chi connectivity index (χ1n) is 12.4. The lowest BCUT2D eigenvalue weighted by molar-refractivity contribution is -0.164. The Morgan fingerprint density at radius 1 is 0.917 bits per heavy atom. The zero-order chi connectivity index (χ0) is 27.1. The third-order valence-electron chi connectivity index (χ3n) is 5.43. The van der Waals surface area contributed by atoms with Crippen molar-refractivity contribution in [2.75, 3.05) is 7.11 Å². The normalized spacial score (nSPS) is 23.7. The molecule has 2 amide bonds. The van der Waals surface area contributed by atoms with Crippen molar-refractivity contribution < 1.29 is 38.1 Å². The fraction of sp³-hybridized carbons (Fsp3) is 0.667. The number of methoxy groups -OCH3 is 1. The Hall–Kier alpha value is -2.81. The number of rotatable bonds is 4. The molecule has 2 rings (SSSR count). The first kappa shape index (κ1) is 29.4. The predicted molar refractivity (Wildman–Crippen MR) is 134 cm³/mol. The second-order valence-electron chi connectivity index (χ2n) is 10.9. The second-order valence-corrected chi connectivity index (χ2v) is 10.9.